The summed E-state index contributed by atoms with van der Waals surface area (Å²) in [4.78, 5) is 10.0. The third kappa shape index (κ3) is 14.2. The Labute approximate surface area is 114 Å². The van der Waals surface area contributed by atoms with Crippen molar-refractivity contribution in [2.45, 2.75) is 51.6 Å². The maximum atomic E-state index is 10.0. The van der Waals surface area contributed by atoms with E-state index in [-0.39, 0.29) is 29.6 Å². The van der Waals surface area contributed by atoms with Crippen molar-refractivity contribution >= 4 is 5.97 Å². The first-order valence-electron chi connectivity index (χ1n) is 5.24. The van der Waals surface area contributed by atoms with Gasteiger partial charge in [0.2, 0.25) is 0 Å². The van der Waals surface area contributed by atoms with Gasteiger partial charge in [-0.3, -0.25) is 0 Å². The molecule has 0 aliphatic carbocycles. The van der Waals surface area contributed by atoms with E-state index in [1.54, 1.807) is 0 Å². The predicted octanol–water partition coefficient (Wildman–Crippen LogP) is -1.98. The third-order valence-corrected chi connectivity index (χ3v) is 2.06. The number of hydrogen-bond acceptors (Lipinski definition) is 3. The van der Waals surface area contributed by atoms with E-state index in [9.17, 15) is 15.0 Å². The molecule has 82 valence electrons. The van der Waals surface area contributed by atoms with E-state index in [1.807, 2.05) is 0 Å². The van der Waals surface area contributed by atoms with Crippen LogP contribution in [0.4, 0.5) is 0 Å². The molecular formula is C11H19NaO3. The van der Waals surface area contributed by atoms with E-state index in [2.05, 4.69) is 6.92 Å². The Balaban J connectivity index is 0. The number of carbonyl (C=O) groups excluding carboxylic acids is 1. The Morgan fingerprint density at radius 2 is 1.93 bits per heavy atom. The molecule has 0 radical (unpaired) electrons. The van der Waals surface area contributed by atoms with Gasteiger partial charge in [0.15, 0.2) is 0 Å². The van der Waals surface area contributed by atoms with Crippen molar-refractivity contribution in [1.29, 1.82) is 0 Å². The van der Waals surface area contributed by atoms with Gasteiger partial charge in [-0.05, 0) is 12.5 Å². The van der Waals surface area contributed by atoms with Gasteiger partial charge in [0.25, 0.3) is 0 Å². The first kappa shape index (κ1) is 17.6. The molecule has 0 aliphatic rings. The summed E-state index contributed by atoms with van der Waals surface area (Å²) >= 11 is 0. The van der Waals surface area contributed by atoms with Crippen LogP contribution >= 0.6 is 0 Å². The molecule has 3 nitrogen and oxygen atoms in total. The molecule has 0 bridgehead atoms. The average molecular weight is 222 g/mol. The van der Waals surface area contributed by atoms with Crippen LogP contribution in [-0.4, -0.2) is 17.2 Å². The zero-order valence-corrected chi connectivity index (χ0v) is 11.7. The second kappa shape index (κ2) is 12.2. The van der Waals surface area contributed by atoms with Crippen molar-refractivity contribution < 1.29 is 44.6 Å². The minimum absolute atomic E-state index is 0. The summed E-state index contributed by atoms with van der Waals surface area (Å²) in [5.74, 6) is -1.25. The number of hydrogen-bond donors (Lipinski definition) is 1. The Bertz CT molecular complexity index is 181. The number of aliphatic carboxylic acids is 1. The Morgan fingerprint density at radius 1 is 1.33 bits per heavy atom. The molecule has 0 saturated heterocycles. The molecule has 1 N–H and O–H groups in total. The molecule has 0 amide bonds. The third-order valence-electron chi connectivity index (χ3n) is 2.06. The van der Waals surface area contributed by atoms with Gasteiger partial charge in [-0.2, -0.15) is 0 Å². The minimum atomic E-state index is -1.25. The SMILES string of the molecule is CCCCCCCC(O)C=CC(=O)[O-].[Na+]. The molecule has 0 heterocycles. The van der Waals surface area contributed by atoms with E-state index >= 15 is 0 Å². The summed E-state index contributed by atoms with van der Waals surface area (Å²) in [5.41, 5.74) is 0. The van der Waals surface area contributed by atoms with Gasteiger partial charge in [-0.15, -0.1) is 0 Å². The van der Waals surface area contributed by atoms with Crippen LogP contribution in [0.5, 0.6) is 0 Å². The van der Waals surface area contributed by atoms with E-state index in [1.165, 1.54) is 25.3 Å². The number of carbonyl (C=O) groups is 1. The molecule has 0 aliphatic heterocycles. The van der Waals surface area contributed by atoms with Gasteiger partial charge < -0.3 is 15.0 Å². The summed E-state index contributed by atoms with van der Waals surface area (Å²) in [7, 11) is 0. The fourth-order valence-electron chi connectivity index (χ4n) is 1.24. The maximum Gasteiger partial charge on any atom is 1.00 e. The molecule has 1 unspecified atom stereocenters. The number of aliphatic hydroxyl groups is 1. The van der Waals surface area contributed by atoms with Gasteiger partial charge in [-0.25, -0.2) is 0 Å². The van der Waals surface area contributed by atoms with Crippen molar-refractivity contribution in [2.24, 2.45) is 0 Å². The van der Waals surface area contributed by atoms with Crippen LogP contribution in [0.2, 0.25) is 0 Å². The molecule has 1 atom stereocenters. The first-order valence-corrected chi connectivity index (χ1v) is 5.24. The molecular weight excluding hydrogens is 203 g/mol. The quantitative estimate of drug-likeness (QED) is 0.294. The predicted molar refractivity (Wildman–Crippen MR) is 53.5 cm³/mol. The van der Waals surface area contributed by atoms with Crippen molar-refractivity contribution in [1.82, 2.24) is 0 Å². The normalized spacial score (nSPS) is 12.4. The Morgan fingerprint density at radius 3 is 2.47 bits per heavy atom. The van der Waals surface area contributed by atoms with Crippen LogP contribution in [0.1, 0.15) is 45.4 Å². The largest absolute Gasteiger partial charge is 1.00 e. The van der Waals surface area contributed by atoms with Crippen LogP contribution in [0, 0.1) is 0 Å². The molecule has 0 saturated carbocycles. The van der Waals surface area contributed by atoms with Crippen molar-refractivity contribution in [2.75, 3.05) is 0 Å². The summed E-state index contributed by atoms with van der Waals surface area (Å²) in [5, 5.41) is 19.3. The Hall–Kier alpha value is 0.170. The van der Waals surface area contributed by atoms with Crippen LogP contribution in [0.15, 0.2) is 12.2 Å². The van der Waals surface area contributed by atoms with Gasteiger partial charge in [0.1, 0.15) is 0 Å². The van der Waals surface area contributed by atoms with Gasteiger partial charge in [0.05, 0.1) is 12.1 Å². The summed E-state index contributed by atoms with van der Waals surface area (Å²) in [6.45, 7) is 2.15. The number of carboxylic acids is 1. The molecule has 15 heavy (non-hydrogen) atoms. The molecule has 0 fully saturated rings. The van der Waals surface area contributed by atoms with Gasteiger partial charge in [0, 0.05) is 0 Å². The fourth-order valence-corrected chi connectivity index (χ4v) is 1.24. The number of unbranched alkanes of at least 4 members (excludes halogenated alkanes) is 4. The van der Waals surface area contributed by atoms with Crippen LogP contribution in [0.3, 0.4) is 0 Å². The van der Waals surface area contributed by atoms with Crippen LogP contribution in [0.25, 0.3) is 0 Å². The van der Waals surface area contributed by atoms with E-state index in [4.69, 9.17) is 0 Å². The number of carboxylic acid groups (broad SMARTS) is 1. The molecule has 0 rings (SSSR count). The van der Waals surface area contributed by atoms with Crippen LogP contribution in [-0.2, 0) is 4.79 Å². The smallest absolute Gasteiger partial charge is 0.545 e. The van der Waals surface area contributed by atoms with E-state index in [0.29, 0.717) is 6.42 Å². The minimum Gasteiger partial charge on any atom is -0.545 e. The van der Waals surface area contributed by atoms with Crippen molar-refractivity contribution in [3.8, 4) is 0 Å². The summed E-state index contributed by atoms with van der Waals surface area (Å²) < 4.78 is 0. The second-order valence-corrected chi connectivity index (χ2v) is 3.45. The van der Waals surface area contributed by atoms with Crippen LogP contribution < -0.4 is 34.7 Å². The molecule has 0 aromatic rings. The standard InChI is InChI=1S/C11H20O3.Na/c1-2-3-4-5-6-7-10(12)8-9-11(13)14;/h8-10,12H,2-7H2,1H3,(H,13,14);/q;+1/p-1. The van der Waals surface area contributed by atoms with Gasteiger partial charge >= 0.3 is 29.6 Å². The molecule has 4 heteroatoms. The zero-order chi connectivity index (χ0) is 10.8. The second-order valence-electron chi connectivity index (χ2n) is 3.45. The monoisotopic (exact) mass is 222 g/mol. The van der Waals surface area contributed by atoms with E-state index in [0.717, 1.165) is 18.9 Å². The Kier molecular flexibility index (Phi) is 14.3. The molecule has 0 aromatic carbocycles. The van der Waals surface area contributed by atoms with Crippen molar-refractivity contribution in [3.63, 3.8) is 0 Å². The average Bonchev–Trinajstić information content (AvgIpc) is 2.14. The number of aliphatic hydroxyl groups excluding tert-OH is 1. The first-order chi connectivity index (χ1) is 6.66. The number of rotatable bonds is 8. The summed E-state index contributed by atoms with van der Waals surface area (Å²) in [6, 6.07) is 0. The topological polar surface area (TPSA) is 60.4 Å². The van der Waals surface area contributed by atoms with Gasteiger partial charge in [-0.1, -0.05) is 45.1 Å². The van der Waals surface area contributed by atoms with Crippen molar-refractivity contribution in [3.05, 3.63) is 12.2 Å². The fraction of sp³-hybridized carbons (Fsp3) is 0.727. The molecule has 0 aromatic heterocycles. The maximum absolute atomic E-state index is 10.0. The zero-order valence-electron chi connectivity index (χ0n) is 9.74. The summed E-state index contributed by atoms with van der Waals surface area (Å²) in [6.07, 6.45) is 7.81. The van der Waals surface area contributed by atoms with E-state index < -0.39 is 12.1 Å². The molecule has 0 spiro atoms.